The summed E-state index contributed by atoms with van der Waals surface area (Å²) in [4.78, 5) is -1.07. The molecule has 0 spiro atoms. The summed E-state index contributed by atoms with van der Waals surface area (Å²) in [6.45, 7) is 0. The zero-order valence-corrected chi connectivity index (χ0v) is 30.0. The Labute approximate surface area is 305 Å². The van der Waals surface area contributed by atoms with Gasteiger partial charge in [-0.3, -0.25) is 13.8 Å². The molecule has 0 saturated carbocycles. The van der Waals surface area contributed by atoms with Gasteiger partial charge in [0.2, 0.25) is 5.69 Å². The number of fused-ring (bicyclic) bond motifs is 1. The van der Waals surface area contributed by atoms with Gasteiger partial charge in [-0.15, -0.1) is 9.45 Å². The van der Waals surface area contributed by atoms with E-state index >= 15 is 0 Å². The summed E-state index contributed by atoms with van der Waals surface area (Å²) in [5, 5.41) is 46.2. The van der Waals surface area contributed by atoms with Crippen LogP contribution < -0.4 is 4.72 Å². The molecule has 0 atom stereocenters. The molecule has 5 aromatic carbocycles. The molecule has 0 aliphatic carbocycles. The third-order valence-corrected chi connectivity index (χ3v) is 11.0. The van der Waals surface area contributed by atoms with E-state index in [-0.39, 0.29) is 43.2 Å². The van der Waals surface area contributed by atoms with Crippen molar-refractivity contribution in [1.29, 1.82) is 0 Å². The Bertz CT molecular complexity index is 2640. The Morgan fingerprint density at radius 1 is 0.811 bits per heavy atom. The van der Waals surface area contributed by atoms with E-state index in [1.165, 1.54) is 92.0 Å². The first-order valence-electron chi connectivity index (χ1n) is 14.4. The summed E-state index contributed by atoms with van der Waals surface area (Å²) in [7, 11) is -12.8. The average Bonchev–Trinajstić information content (AvgIpc) is 3.12. The van der Waals surface area contributed by atoms with Crippen LogP contribution in [-0.2, 0) is 39.6 Å². The second-order valence-corrected chi connectivity index (χ2v) is 15.8. The minimum atomic E-state index is -5.09. The van der Waals surface area contributed by atoms with Crippen LogP contribution in [0.1, 0.15) is 11.1 Å². The lowest BCUT2D eigenvalue weighted by Crippen LogP contribution is -2.12. The summed E-state index contributed by atoms with van der Waals surface area (Å²) in [6, 6.07) is 19.7. The van der Waals surface area contributed by atoms with Gasteiger partial charge in [0.05, 0.1) is 34.6 Å². The van der Waals surface area contributed by atoms with Crippen molar-refractivity contribution in [2.75, 3.05) is 11.8 Å². The maximum Gasteiger partial charge on any atom is 0.296 e. The van der Waals surface area contributed by atoms with E-state index in [4.69, 9.17) is 5.26 Å². The number of phenolic OH excluding ortho intramolecular Hbond substituents is 1. The van der Waals surface area contributed by atoms with E-state index < -0.39 is 51.5 Å². The molecule has 5 N–H and O–H groups in total. The lowest BCUT2D eigenvalue weighted by Gasteiger charge is -2.12. The monoisotopic (exact) mass is 803 g/mol. The molecule has 5 aromatic rings. The van der Waals surface area contributed by atoms with Crippen molar-refractivity contribution in [1.82, 2.24) is 0 Å². The van der Waals surface area contributed by atoms with Gasteiger partial charge in [-0.05, 0) is 76.2 Å². The molecule has 276 valence electrons. The predicted molar refractivity (Wildman–Crippen MR) is 191 cm³/mol. The zero-order valence-electron chi connectivity index (χ0n) is 26.7. The van der Waals surface area contributed by atoms with E-state index in [9.17, 15) is 44.7 Å². The van der Waals surface area contributed by atoms with Gasteiger partial charge in [-0.1, -0.05) is 46.3 Å². The van der Waals surface area contributed by atoms with Gasteiger partial charge in [0.25, 0.3) is 30.3 Å². The second-order valence-electron chi connectivity index (χ2n) is 10.6. The highest BCUT2D eigenvalue weighted by atomic mass is 32.2. The van der Waals surface area contributed by atoms with Gasteiger partial charge in [-0.25, -0.2) is 13.7 Å². The fourth-order valence-electron chi connectivity index (χ4n) is 4.77. The fraction of sp³-hybridized carbons (Fsp3) is 0.0323. The minimum Gasteiger partial charge on any atom is -0.594 e. The molecule has 0 saturated heterocycles. The number of benzene rings is 5. The van der Waals surface area contributed by atoms with Gasteiger partial charge in [-0.2, -0.15) is 21.9 Å². The highest BCUT2D eigenvalue weighted by molar-refractivity contribution is 7.94. The number of nitrogens with one attached hydrogen (secondary N) is 1. The molecular formula is C31H25N5O13S4. The summed E-state index contributed by atoms with van der Waals surface area (Å²) < 4.78 is 102. The van der Waals surface area contributed by atoms with Crippen LogP contribution in [0.4, 0.5) is 22.7 Å². The van der Waals surface area contributed by atoms with E-state index in [0.717, 1.165) is 12.1 Å². The van der Waals surface area contributed by atoms with Crippen LogP contribution in [0.25, 0.3) is 22.9 Å². The molecule has 0 aliphatic rings. The number of aromatic hydroxyl groups is 1. The Morgan fingerprint density at radius 2 is 1.49 bits per heavy atom. The number of rotatable bonds is 13. The van der Waals surface area contributed by atoms with Crippen LogP contribution in [0.3, 0.4) is 0 Å². The van der Waals surface area contributed by atoms with Gasteiger partial charge < -0.3 is 10.3 Å². The number of sulfonamides is 1. The first-order valence-corrected chi connectivity index (χ1v) is 19.5. The quantitative estimate of drug-likeness (QED) is 0.0151. The Kier molecular flexibility index (Phi) is 11.6. The SMILES string of the molecule is CN=[N+]([O-])c1ccc(/C=C/c2ccc(N=Nc3c(S(=O)(=O)O)cc4cc(NS(=O)(=O)c5ccccc5)ccc4c3O)cc2S(=O)(=O)O)c(SOOO)c1. The smallest absolute Gasteiger partial charge is 0.296 e. The number of phenols is 1. The number of hydrogen-bond acceptors (Lipinski definition) is 15. The molecule has 0 aromatic heterocycles. The zero-order chi connectivity index (χ0) is 38.6. The van der Waals surface area contributed by atoms with E-state index in [2.05, 4.69) is 29.4 Å². The van der Waals surface area contributed by atoms with Crippen LogP contribution >= 0.6 is 12.0 Å². The molecule has 18 nitrogen and oxygen atoms in total. The number of hydrogen-bond donors (Lipinski definition) is 5. The fourth-order valence-corrected chi connectivity index (χ4v) is 7.71. The molecule has 0 amide bonds. The van der Waals surface area contributed by atoms with Gasteiger partial charge in [0.15, 0.2) is 5.75 Å². The van der Waals surface area contributed by atoms with Crippen molar-refractivity contribution in [2.24, 2.45) is 15.3 Å². The predicted octanol–water partition coefficient (Wildman–Crippen LogP) is 7.08. The number of azo groups is 2. The topological polar surface area (TPSA) is 277 Å². The van der Waals surface area contributed by atoms with E-state index in [1.54, 1.807) is 6.07 Å². The lowest BCUT2D eigenvalue weighted by molar-refractivity contribution is -0.440. The molecule has 0 unspecified atom stereocenters. The van der Waals surface area contributed by atoms with Gasteiger partial charge in [0.1, 0.15) is 15.5 Å². The highest BCUT2D eigenvalue weighted by Crippen LogP contribution is 2.42. The average molecular weight is 804 g/mol. The van der Waals surface area contributed by atoms with Crippen LogP contribution in [0, 0.1) is 5.21 Å². The van der Waals surface area contributed by atoms with Crippen LogP contribution in [0.2, 0.25) is 0 Å². The van der Waals surface area contributed by atoms with Crippen molar-refractivity contribution in [2.45, 2.75) is 19.6 Å². The maximum atomic E-state index is 12.8. The third-order valence-electron chi connectivity index (χ3n) is 7.17. The normalized spacial score (nSPS) is 12.9. The van der Waals surface area contributed by atoms with E-state index in [0.29, 0.717) is 22.5 Å². The number of anilines is 1. The summed E-state index contributed by atoms with van der Waals surface area (Å²) >= 11 is 0.513. The molecule has 0 radical (unpaired) electrons. The largest absolute Gasteiger partial charge is 0.594 e. The summed E-state index contributed by atoms with van der Waals surface area (Å²) in [6.07, 6.45) is 2.67. The molecule has 53 heavy (non-hydrogen) atoms. The van der Waals surface area contributed by atoms with Crippen LogP contribution in [-0.4, -0.2) is 56.6 Å². The molecule has 5 rings (SSSR count). The van der Waals surface area contributed by atoms with Crippen molar-refractivity contribution in [3.63, 3.8) is 0 Å². The molecule has 0 heterocycles. The van der Waals surface area contributed by atoms with Gasteiger partial charge >= 0.3 is 0 Å². The molecule has 0 bridgehead atoms. The van der Waals surface area contributed by atoms with Gasteiger partial charge in [0, 0.05) is 23.2 Å². The molecule has 0 aliphatic heterocycles. The Hall–Kier alpha value is -5.30. The van der Waals surface area contributed by atoms with Crippen molar-refractivity contribution in [3.8, 4) is 5.75 Å². The lowest BCUT2D eigenvalue weighted by atomic mass is 10.1. The van der Waals surface area contributed by atoms with Crippen molar-refractivity contribution < 1.29 is 59.0 Å². The first-order chi connectivity index (χ1) is 25.0. The molecular weight excluding hydrogens is 779 g/mol. The number of nitrogens with zero attached hydrogens (tertiary/aromatic N) is 4. The third kappa shape index (κ3) is 9.20. The van der Waals surface area contributed by atoms with E-state index in [1.807, 2.05) is 0 Å². The van der Waals surface area contributed by atoms with Crippen molar-refractivity contribution >= 4 is 88.0 Å². The minimum absolute atomic E-state index is 0.00403. The van der Waals surface area contributed by atoms with Crippen molar-refractivity contribution in [3.05, 3.63) is 107 Å². The van der Waals surface area contributed by atoms with Crippen LogP contribution in [0.5, 0.6) is 5.75 Å². The highest BCUT2D eigenvalue weighted by Gasteiger charge is 2.23. The summed E-state index contributed by atoms with van der Waals surface area (Å²) in [5.41, 5.74) is -0.599. The standard InChI is InChI=1S/C31H25N5O13S4/c1-32-36(38)24-13-10-19(27(18-24)50-49-48-39)7-8-20-9-11-22(17-28(20)52(42,43)44)33-34-30-29(53(45,46)47)16-21-15-23(12-14-26(21)31(30)37)35-51(40,41)25-5-3-2-4-6-25/h2-18,35,37,39H,1H3,(H,42,43,44)(H,45,46,47)/b8-7+,34-33?,36-32?. The Balaban J connectivity index is 1.51. The van der Waals surface area contributed by atoms with Crippen LogP contribution in [0.15, 0.2) is 126 Å². The Morgan fingerprint density at radius 3 is 2.15 bits per heavy atom. The molecule has 22 heteroatoms. The maximum absolute atomic E-state index is 12.8. The second kappa shape index (κ2) is 15.7. The molecule has 0 fully saturated rings. The first kappa shape index (κ1) is 38.9. The summed E-state index contributed by atoms with van der Waals surface area (Å²) in [5.74, 6) is -0.770.